The fraction of sp³-hybridized carbons (Fsp3) is 0.222. The van der Waals surface area contributed by atoms with Crippen molar-refractivity contribution in [1.82, 2.24) is 5.43 Å². The smallest absolute Gasteiger partial charge is 0.280 e. The Kier molecular flexibility index (Phi) is 6.81. The first-order valence-electron chi connectivity index (χ1n) is 7.57. The molecule has 0 heterocycles. The number of rotatable bonds is 7. The van der Waals surface area contributed by atoms with Gasteiger partial charge < -0.3 is 9.47 Å². The van der Waals surface area contributed by atoms with Crippen molar-refractivity contribution in [2.45, 2.75) is 20.0 Å². The molecule has 0 aromatic heterocycles. The Balaban J connectivity index is 1.94. The van der Waals surface area contributed by atoms with Crippen molar-refractivity contribution in [2.24, 2.45) is 5.10 Å². The third kappa shape index (κ3) is 5.09. The SMILES string of the molecule is CCOc1ccccc1/C=N\NC(=O)[C@H](C)Oc1ccccc1Br. The molecule has 24 heavy (non-hydrogen) atoms. The predicted octanol–water partition coefficient (Wildman–Crippen LogP) is 3.77. The van der Waals surface area contributed by atoms with E-state index in [0.29, 0.717) is 12.4 Å². The predicted molar refractivity (Wildman–Crippen MR) is 97.6 cm³/mol. The van der Waals surface area contributed by atoms with E-state index < -0.39 is 6.10 Å². The molecule has 0 saturated carbocycles. The number of halogens is 1. The molecule has 2 aromatic rings. The van der Waals surface area contributed by atoms with Crippen molar-refractivity contribution in [3.8, 4) is 11.5 Å². The highest BCUT2D eigenvalue weighted by molar-refractivity contribution is 9.10. The van der Waals surface area contributed by atoms with Gasteiger partial charge in [0.2, 0.25) is 0 Å². The lowest BCUT2D eigenvalue weighted by Gasteiger charge is -2.14. The second kappa shape index (κ2) is 9.08. The first-order valence-corrected chi connectivity index (χ1v) is 8.37. The monoisotopic (exact) mass is 390 g/mol. The molecule has 0 bridgehead atoms. The molecule has 1 N–H and O–H groups in total. The fourth-order valence-corrected chi connectivity index (χ4v) is 2.29. The molecule has 0 aliphatic carbocycles. The molecule has 2 rings (SSSR count). The minimum absolute atomic E-state index is 0.337. The second-order valence-electron chi connectivity index (χ2n) is 4.90. The number of ether oxygens (including phenoxy) is 2. The van der Waals surface area contributed by atoms with Crippen LogP contribution in [0, 0.1) is 0 Å². The van der Waals surface area contributed by atoms with E-state index >= 15 is 0 Å². The van der Waals surface area contributed by atoms with Gasteiger partial charge in [-0.05, 0) is 54.0 Å². The maximum atomic E-state index is 12.1. The molecule has 2 aromatic carbocycles. The molecule has 0 spiro atoms. The summed E-state index contributed by atoms with van der Waals surface area (Å²) >= 11 is 3.38. The second-order valence-corrected chi connectivity index (χ2v) is 5.75. The van der Waals surface area contributed by atoms with Crippen LogP contribution in [0.25, 0.3) is 0 Å². The zero-order valence-corrected chi connectivity index (χ0v) is 15.1. The summed E-state index contributed by atoms with van der Waals surface area (Å²) in [5.74, 6) is 0.984. The summed E-state index contributed by atoms with van der Waals surface area (Å²) in [5.41, 5.74) is 3.27. The standard InChI is InChI=1S/C18H19BrN2O3/c1-3-23-16-10-6-4-8-14(16)12-20-21-18(22)13(2)24-17-11-7-5-9-15(17)19/h4-13H,3H2,1-2H3,(H,21,22)/b20-12-/t13-/m0/s1. The van der Waals surface area contributed by atoms with E-state index in [1.807, 2.05) is 49.4 Å². The van der Waals surface area contributed by atoms with Gasteiger partial charge in [0.05, 0.1) is 17.3 Å². The number of nitrogens with zero attached hydrogens (tertiary/aromatic N) is 1. The number of benzene rings is 2. The van der Waals surface area contributed by atoms with Crippen molar-refractivity contribution in [3.63, 3.8) is 0 Å². The van der Waals surface area contributed by atoms with Crippen LogP contribution in [0.5, 0.6) is 11.5 Å². The molecule has 0 aliphatic heterocycles. The number of carbonyl (C=O) groups is 1. The highest BCUT2D eigenvalue weighted by atomic mass is 79.9. The molecule has 1 atom stereocenters. The van der Waals surface area contributed by atoms with E-state index in [2.05, 4.69) is 26.5 Å². The number of para-hydroxylation sites is 2. The Morgan fingerprint density at radius 1 is 1.21 bits per heavy atom. The van der Waals surface area contributed by atoms with Gasteiger partial charge in [0.25, 0.3) is 5.91 Å². The van der Waals surface area contributed by atoms with E-state index in [4.69, 9.17) is 9.47 Å². The number of nitrogens with one attached hydrogen (secondary N) is 1. The van der Waals surface area contributed by atoms with Crippen LogP contribution in [0.4, 0.5) is 0 Å². The number of hydrogen-bond acceptors (Lipinski definition) is 4. The van der Waals surface area contributed by atoms with Gasteiger partial charge in [-0.3, -0.25) is 4.79 Å². The Bertz CT molecular complexity index is 719. The lowest BCUT2D eigenvalue weighted by Crippen LogP contribution is -2.33. The normalized spacial score (nSPS) is 12.0. The molecule has 6 heteroatoms. The van der Waals surface area contributed by atoms with Crippen LogP contribution in [0.1, 0.15) is 19.4 Å². The van der Waals surface area contributed by atoms with E-state index in [9.17, 15) is 4.79 Å². The Labute approximate surface area is 149 Å². The quantitative estimate of drug-likeness (QED) is 0.578. The van der Waals surface area contributed by atoms with Crippen LogP contribution in [-0.2, 0) is 4.79 Å². The van der Waals surface area contributed by atoms with Gasteiger partial charge in [-0.15, -0.1) is 0 Å². The summed E-state index contributed by atoms with van der Waals surface area (Å²) in [5, 5.41) is 3.97. The first kappa shape index (κ1) is 18.0. The van der Waals surface area contributed by atoms with Crippen molar-refractivity contribution >= 4 is 28.1 Å². The summed E-state index contributed by atoms with van der Waals surface area (Å²) in [7, 11) is 0. The zero-order valence-electron chi connectivity index (χ0n) is 13.5. The Hall–Kier alpha value is -2.34. The highest BCUT2D eigenvalue weighted by Crippen LogP contribution is 2.24. The molecule has 0 aliphatic rings. The molecule has 126 valence electrons. The van der Waals surface area contributed by atoms with Crippen LogP contribution < -0.4 is 14.9 Å². The van der Waals surface area contributed by atoms with Gasteiger partial charge >= 0.3 is 0 Å². The van der Waals surface area contributed by atoms with Gasteiger partial charge in [0.15, 0.2) is 6.10 Å². The molecule has 0 unspecified atom stereocenters. The van der Waals surface area contributed by atoms with Crippen molar-refractivity contribution in [3.05, 3.63) is 58.6 Å². The van der Waals surface area contributed by atoms with Gasteiger partial charge in [-0.25, -0.2) is 5.43 Å². The third-order valence-electron chi connectivity index (χ3n) is 3.11. The summed E-state index contributed by atoms with van der Waals surface area (Å²) < 4.78 is 11.9. The number of amides is 1. The molecular formula is C18H19BrN2O3. The largest absolute Gasteiger partial charge is 0.493 e. The minimum Gasteiger partial charge on any atom is -0.493 e. The Morgan fingerprint density at radius 3 is 2.58 bits per heavy atom. The van der Waals surface area contributed by atoms with E-state index in [1.54, 1.807) is 19.2 Å². The maximum Gasteiger partial charge on any atom is 0.280 e. The summed E-state index contributed by atoms with van der Waals surface area (Å²) in [6.07, 6.45) is 0.872. The topological polar surface area (TPSA) is 59.9 Å². The van der Waals surface area contributed by atoms with Crippen LogP contribution in [0.3, 0.4) is 0 Å². The van der Waals surface area contributed by atoms with Crippen LogP contribution in [0.2, 0.25) is 0 Å². The average molecular weight is 391 g/mol. The maximum absolute atomic E-state index is 12.1. The average Bonchev–Trinajstić information content (AvgIpc) is 2.58. The minimum atomic E-state index is -0.678. The molecule has 0 saturated heterocycles. The zero-order chi connectivity index (χ0) is 17.4. The summed E-state index contributed by atoms with van der Waals surface area (Å²) in [4.78, 5) is 12.1. The number of carbonyl (C=O) groups excluding carboxylic acids is 1. The van der Waals surface area contributed by atoms with Crippen LogP contribution in [-0.4, -0.2) is 24.8 Å². The van der Waals surface area contributed by atoms with Gasteiger partial charge in [-0.1, -0.05) is 24.3 Å². The van der Waals surface area contributed by atoms with Crippen molar-refractivity contribution in [2.75, 3.05) is 6.61 Å². The van der Waals surface area contributed by atoms with E-state index in [1.165, 1.54) is 0 Å². The first-order chi connectivity index (χ1) is 11.6. The van der Waals surface area contributed by atoms with E-state index in [0.717, 1.165) is 15.8 Å². The van der Waals surface area contributed by atoms with Crippen LogP contribution >= 0.6 is 15.9 Å². The molecule has 1 amide bonds. The lowest BCUT2D eigenvalue weighted by molar-refractivity contribution is -0.127. The third-order valence-corrected chi connectivity index (χ3v) is 3.76. The van der Waals surface area contributed by atoms with Crippen molar-refractivity contribution in [1.29, 1.82) is 0 Å². The summed E-state index contributed by atoms with van der Waals surface area (Å²) in [6.45, 7) is 4.14. The highest BCUT2D eigenvalue weighted by Gasteiger charge is 2.15. The number of hydrogen-bond donors (Lipinski definition) is 1. The molecular weight excluding hydrogens is 372 g/mol. The molecule has 0 radical (unpaired) electrons. The van der Waals surface area contributed by atoms with Crippen molar-refractivity contribution < 1.29 is 14.3 Å². The Morgan fingerprint density at radius 2 is 1.88 bits per heavy atom. The lowest BCUT2D eigenvalue weighted by atomic mass is 10.2. The van der Waals surface area contributed by atoms with Gasteiger partial charge in [0, 0.05) is 5.56 Å². The molecule has 0 fully saturated rings. The van der Waals surface area contributed by atoms with Crippen LogP contribution in [0.15, 0.2) is 58.1 Å². The summed E-state index contributed by atoms with van der Waals surface area (Å²) in [6, 6.07) is 14.8. The van der Waals surface area contributed by atoms with Gasteiger partial charge in [-0.2, -0.15) is 5.10 Å². The van der Waals surface area contributed by atoms with Gasteiger partial charge in [0.1, 0.15) is 11.5 Å². The van der Waals surface area contributed by atoms with E-state index in [-0.39, 0.29) is 5.91 Å². The number of hydrazone groups is 1. The molecule has 5 nitrogen and oxygen atoms in total. The fourth-order valence-electron chi connectivity index (χ4n) is 1.91.